The van der Waals surface area contributed by atoms with E-state index in [0.717, 1.165) is 42.7 Å². The van der Waals surface area contributed by atoms with Crippen LogP contribution in [-0.4, -0.2) is 48.3 Å². The first kappa shape index (κ1) is 24.5. The summed E-state index contributed by atoms with van der Waals surface area (Å²) in [6, 6.07) is 26.8. The van der Waals surface area contributed by atoms with Gasteiger partial charge < -0.3 is 19.6 Å². The highest BCUT2D eigenvalue weighted by atomic mass is 16.5. The first-order chi connectivity index (χ1) is 17.6. The largest absolute Gasteiger partial charge is 0.491 e. The van der Waals surface area contributed by atoms with Crippen LogP contribution < -0.4 is 9.64 Å². The third-order valence-electron chi connectivity index (χ3n) is 7.43. The maximum Gasteiger partial charge on any atom is 0.227 e. The summed E-state index contributed by atoms with van der Waals surface area (Å²) >= 11 is 0. The average molecular weight is 485 g/mol. The van der Waals surface area contributed by atoms with Crippen molar-refractivity contribution in [3.63, 3.8) is 0 Å². The summed E-state index contributed by atoms with van der Waals surface area (Å²) in [7, 11) is 0. The molecule has 5 nitrogen and oxygen atoms in total. The minimum Gasteiger partial charge on any atom is -0.491 e. The zero-order chi connectivity index (χ0) is 24.7. The lowest BCUT2D eigenvalue weighted by Crippen LogP contribution is -2.41. The van der Waals surface area contributed by atoms with Crippen molar-refractivity contribution in [3.8, 4) is 5.75 Å². The Kier molecular flexibility index (Phi) is 7.99. The molecule has 1 atom stereocenters. The number of benzene rings is 3. The lowest BCUT2D eigenvalue weighted by molar-refractivity contribution is -0.119. The van der Waals surface area contributed by atoms with Crippen LogP contribution in [0.15, 0.2) is 78.9 Å². The van der Waals surface area contributed by atoms with Crippen molar-refractivity contribution in [2.75, 3.05) is 31.1 Å². The Morgan fingerprint density at radius 2 is 1.58 bits per heavy atom. The minimum atomic E-state index is -0.547. The van der Waals surface area contributed by atoms with Crippen LogP contribution in [0.5, 0.6) is 5.75 Å². The third-order valence-corrected chi connectivity index (χ3v) is 7.43. The van der Waals surface area contributed by atoms with Crippen LogP contribution >= 0.6 is 0 Å². The molecule has 0 aromatic heterocycles. The number of likely N-dealkylation sites (tertiary alicyclic amines) is 1. The van der Waals surface area contributed by atoms with E-state index in [0.29, 0.717) is 31.2 Å². The van der Waals surface area contributed by atoms with Crippen LogP contribution in [-0.2, 0) is 24.2 Å². The standard InChI is InChI=1S/C31H36N2O3/c34-28(22-32-17-15-25(16-18-32)19-24-7-3-1-4-8-24)23-36-29-13-11-27-12-14-31(35)33(30(27)20-29)21-26-9-5-2-6-10-26/h1-11,13,20,25,28,34H,12,14-19,21-23H2. The number of aliphatic hydroxyl groups is 1. The summed E-state index contributed by atoms with van der Waals surface area (Å²) in [6.07, 6.45) is 4.21. The second-order valence-corrected chi connectivity index (χ2v) is 10.2. The lowest BCUT2D eigenvalue weighted by Gasteiger charge is -2.33. The molecule has 5 heteroatoms. The highest BCUT2D eigenvalue weighted by Crippen LogP contribution is 2.33. The number of rotatable bonds is 9. The van der Waals surface area contributed by atoms with E-state index in [9.17, 15) is 9.90 Å². The van der Waals surface area contributed by atoms with E-state index in [4.69, 9.17) is 4.74 Å². The molecule has 1 saturated heterocycles. The minimum absolute atomic E-state index is 0.138. The number of anilines is 1. The van der Waals surface area contributed by atoms with Gasteiger partial charge in [-0.3, -0.25) is 4.79 Å². The van der Waals surface area contributed by atoms with E-state index < -0.39 is 6.10 Å². The molecule has 0 saturated carbocycles. The van der Waals surface area contributed by atoms with Gasteiger partial charge in [-0.2, -0.15) is 0 Å². The smallest absolute Gasteiger partial charge is 0.227 e. The fourth-order valence-corrected chi connectivity index (χ4v) is 5.41. The van der Waals surface area contributed by atoms with Crippen molar-refractivity contribution in [2.24, 2.45) is 5.92 Å². The molecule has 1 unspecified atom stereocenters. The molecule has 1 fully saturated rings. The predicted molar refractivity (Wildman–Crippen MR) is 143 cm³/mol. The number of ether oxygens (including phenoxy) is 1. The van der Waals surface area contributed by atoms with Crippen LogP contribution in [0.2, 0.25) is 0 Å². The lowest BCUT2D eigenvalue weighted by atomic mass is 9.90. The van der Waals surface area contributed by atoms with Crippen molar-refractivity contribution in [2.45, 2.75) is 44.8 Å². The number of β-amino-alcohol motifs (C(OH)–C–C–N with tert-alkyl or cyclic N) is 1. The summed E-state index contributed by atoms with van der Waals surface area (Å²) in [4.78, 5) is 16.9. The number of fused-ring (bicyclic) bond motifs is 1. The Morgan fingerprint density at radius 1 is 0.889 bits per heavy atom. The molecule has 1 amide bonds. The Bertz CT molecular complexity index is 1130. The molecule has 2 aliphatic rings. The molecule has 36 heavy (non-hydrogen) atoms. The van der Waals surface area contributed by atoms with Gasteiger partial charge in [0.2, 0.25) is 5.91 Å². The van der Waals surface area contributed by atoms with Gasteiger partial charge in [0.05, 0.1) is 12.2 Å². The highest BCUT2D eigenvalue weighted by Gasteiger charge is 2.25. The number of piperidine rings is 1. The molecule has 0 spiro atoms. The molecule has 0 radical (unpaired) electrons. The Morgan fingerprint density at radius 3 is 2.31 bits per heavy atom. The number of hydrogen-bond donors (Lipinski definition) is 1. The summed E-state index contributed by atoms with van der Waals surface area (Å²) < 4.78 is 5.99. The maximum absolute atomic E-state index is 12.7. The maximum atomic E-state index is 12.7. The topological polar surface area (TPSA) is 53.0 Å². The van der Waals surface area contributed by atoms with Crippen LogP contribution in [0.4, 0.5) is 5.69 Å². The fraction of sp³-hybridized carbons (Fsp3) is 0.387. The van der Waals surface area contributed by atoms with Gasteiger partial charge in [0.15, 0.2) is 0 Å². The van der Waals surface area contributed by atoms with Gasteiger partial charge in [0.1, 0.15) is 18.5 Å². The predicted octanol–water partition coefficient (Wildman–Crippen LogP) is 4.86. The summed E-state index contributed by atoms with van der Waals surface area (Å²) in [5.41, 5.74) is 4.60. The second kappa shape index (κ2) is 11.7. The van der Waals surface area contributed by atoms with Gasteiger partial charge in [-0.15, -0.1) is 0 Å². The number of carbonyl (C=O) groups excluding carboxylic acids is 1. The normalized spacial score (nSPS) is 17.6. The molecule has 0 bridgehead atoms. The van der Waals surface area contributed by atoms with Crippen molar-refractivity contribution in [1.29, 1.82) is 0 Å². The van der Waals surface area contributed by atoms with Crippen LogP contribution in [0.3, 0.4) is 0 Å². The molecule has 3 aromatic rings. The van der Waals surface area contributed by atoms with Crippen LogP contribution in [0.1, 0.15) is 36.0 Å². The van der Waals surface area contributed by atoms with Crippen molar-refractivity contribution in [1.82, 2.24) is 4.90 Å². The molecule has 0 aliphatic carbocycles. The average Bonchev–Trinajstić information content (AvgIpc) is 2.91. The number of aliphatic hydroxyl groups excluding tert-OH is 1. The number of carbonyl (C=O) groups is 1. The molecule has 2 aliphatic heterocycles. The summed E-state index contributed by atoms with van der Waals surface area (Å²) in [6.45, 7) is 3.46. The number of nitrogens with zero attached hydrogens (tertiary/aromatic N) is 2. The number of aryl methyl sites for hydroxylation is 1. The van der Waals surface area contributed by atoms with Crippen molar-refractivity contribution >= 4 is 11.6 Å². The van der Waals surface area contributed by atoms with E-state index in [-0.39, 0.29) is 12.5 Å². The second-order valence-electron chi connectivity index (χ2n) is 10.2. The first-order valence-corrected chi connectivity index (χ1v) is 13.2. The molecule has 188 valence electrons. The fourth-order valence-electron chi connectivity index (χ4n) is 5.41. The molecule has 2 heterocycles. The van der Waals surface area contributed by atoms with Gasteiger partial charge in [0.25, 0.3) is 0 Å². The SMILES string of the molecule is O=C1CCc2ccc(OCC(O)CN3CCC(Cc4ccccc4)CC3)cc2N1Cc1ccccc1. The third kappa shape index (κ3) is 6.34. The Balaban J connectivity index is 1.12. The van der Waals surface area contributed by atoms with E-state index >= 15 is 0 Å². The molecular weight excluding hydrogens is 448 g/mol. The van der Waals surface area contributed by atoms with Crippen molar-refractivity contribution in [3.05, 3.63) is 95.6 Å². The molecule has 5 rings (SSSR count). The van der Waals surface area contributed by atoms with Gasteiger partial charge >= 0.3 is 0 Å². The Labute approximate surface area is 214 Å². The van der Waals surface area contributed by atoms with E-state index in [2.05, 4.69) is 41.3 Å². The van der Waals surface area contributed by atoms with E-state index in [1.165, 1.54) is 18.4 Å². The van der Waals surface area contributed by atoms with Gasteiger partial charge in [-0.05, 0) is 67.4 Å². The van der Waals surface area contributed by atoms with Gasteiger partial charge in [-0.1, -0.05) is 66.7 Å². The molecule has 3 aromatic carbocycles. The zero-order valence-electron chi connectivity index (χ0n) is 20.9. The molecular formula is C31H36N2O3. The molecule has 1 N–H and O–H groups in total. The summed E-state index contributed by atoms with van der Waals surface area (Å²) in [5, 5.41) is 10.7. The van der Waals surface area contributed by atoms with Crippen molar-refractivity contribution < 1.29 is 14.6 Å². The summed E-state index contributed by atoms with van der Waals surface area (Å²) in [5.74, 6) is 1.55. The quantitative estimate of drug-likeness (QED) is 0.471. The van der Waals surface area contributed by atoms with Gasteiger partial charge in [-0.25, -0.2) is 0 Å². The zero-order valence-corrected chi connectivity index (χ0v) is 20.9. The highest BCUT2D eigenvalue weighted by molar-refractivity contribution is 5.96. The van der Waals surface area contributed by atoms with E-state index in [1.807, 2.05) is 47.4 Å². The number of hydrogen-bond acceptors (Lipinski definition) is 4. The Hall–Kier alpha value is -3.15. The van der Waals surface area contributed by atoms with Crippen LogP contribution in [0.25, 0.3) is 0 Å². The van der Waals surface area contributed by atoms with E-state index in [1.54, 1.807) is 0 Å². The first-order valence-electron chi connectivity index (χ1n) is 13.2. The monoisotopic (exact) mass is 484 g/mol. The number of amides is 1. The van der Waals surface area contributed by atoms with Crippen LogP contribution in [0, 0.1) is 5.92 Å². The van der Waals surface area contributed by atoms with Gasteiger partial charge in [0, 0.05) is 19.0 Å².